The molecule has 0 saturated carbocycles. The number of aromatic nitrogens is 3. The fourth-order valence-corrected chi connectivity index (χ4v) is 3.55. The van der Waals surface area contributed by atoms with Crippen LogP contribution in [0.15, 0.2) is 12.7 Å². The van der Waals surface area contributed by atoms with Gasteiger partial charge in [-0.3, -0.25) is 9.69 Å². The lowest BCUT2D eigenvalue weighted by Crippen LogP contribution is -2.47. The summed E-state index contributed by atoms with van der Waals surface area (Å²) in [5.74, 6) is 0.685. The van der Waals surface area contributed by atoms with Gasteiger partial charge >= 0.3 is 0 Å². The van der Waals surface area contributed by atoms with Crippen LogP contribution >= 0.6 is 0 Å². The van der Waals surface area contributed by atoms with E-state index in [1.807, 2.05) is 11.8 Å². The monoisotopic (exact) mass is 307 g/mol. The molecule has 1 aromatic heterocycles. The molecule has 0 radical (unpaired) electrons. The Kier molecular flexibility index (Phi) is 4.73. The first-order valence-electron chi connectivity index (χ1n) is 8.15. The number of hydrogen-bond acceptors (Lipinski definition) is 5. The van der Waals surface area contributed by atoms with Crippen LogP contribution in [-0.2, 0) is 9.53 Å². The van der Waals surface area contributed by atoms with Crippen molar-refractivity contribution in [3.05, 3.63) is 12.7 Å². The largest absolute Gasteiger partial charge is 0.379 e. The van der Waals surface area contributed by atoms with Crippen LogP contribution in [0.25, 0.3) is 0 Å². The maximum atomic E-state index is 12.7. The second kappa shape index (κ2) is 6.75. The van der Waals surface area contributed by atoms with Crippen molar-refractivity contribution in [1.82, 2.24) is 24.6 Å². The Morgan fingerprint density at radius 2 is 2.14 bits per heavy atom. The Balaban J connectivity index is 1.66. The number of likely N-dealkylation sites (tertiary alicyclic amines) is 1. The van der Waals surface area contributed by atoms with Gasteiger partial charge in [0.05, 0.1) is 13.2 Å². The first-order valence-corrected chi connectivity index (χ1v) is 8.15. The van der Waals surface area contributed by atoms with Gasteiger partial charge in [-0.25, -0.2) is 9.67 Å². The van der Waals surface area contributed by atoms with Gasteiger partial charge in [-0.05, 0) is 12.8 Å². The maximum absolute atomic E-state index is 12.7. The van der Waals surface area contributed by atoms with Crippen LogP contribution < -0.4 is 0 Å². The SMILES string of the molecule is CC[C@@H]1CN(C(=O)[C@H](C)n2cncn2)C[C@H]1N1CCOCC1. The Bertz CT molecular complexity index is 486. The molecule has 0 aliphatic carbocycles. The summed E-state index contributed by atoms with van der Waals surface area (Å²) in [5, 5.41) is 4.09. The topological polar surface area (TPSA) is 63.5 Å². The number of amides is 1. The summed E-state index contributed by atoms with van der Waals surface area (Å²) in [6.07, 6.45) is 4.18. The van der Waals surface area contributed by atoms with Crippen molar-refractivity contribution < 1.29 is 9.53 Å². The number of hydrogen-bond donors (Lipinski definition) is 0. The van der Waals surface area contributed by atoms with Crippen LogP contribution in [0.3, 0.4) is 0 Å². The molecular weight excluding hydrogens is 282 g/mol. The number of rotatable bonds is 4. The van der Waals surface area contributed by atoms with Gasteiger partial charge in [0.25, 0.3) is 0 Å². The molecule has 1 amide bonds. The van der Waals surface area contributed by atoms with E-state index in [0.29, 0.717) is 12.0 Å². The van der Waals surface area contributed by atoms with Crippen molar-refractivity contribution in [2.24, 2.45) is 5.92 Å². The number of nitrogens with zero attached hydrogens (tertiary/aromatic N) is 5. The molecule has 1 aromatic rings. The fraction of sp³-hybridized carbons (Fsp3) is 0.800. The summed E-state index contributed by atoms with van der Waals surface area (Å²) in [6, 6.07) is 0.171. The summed E-state index contributed by atoms with van der Waals surface area (Å²) in [5.41, 5.74) is 0. The molecule has 2 saturated heterocycles. The Labute approximate surface area is 131 Å². The summed E-state index contributed by atoms with van der Waals surface area (Å²) in [4.78, 5) is 21.2. The van der Waals surface area contributed by atoms with Gasteiger partial charge in [0, 0.05) is 32.2 Å². The lowest BCUT2D eigenvalue weighted by molar-refractivity contribution is -0.133. The molecule has 2 fully saturated rings. The first kappa shape index (κ1) is 15.4. The van der Waals surface area contributed by atoms with Crippen LogP contribution in [0.1, 0.15) is 26.3 Å². The Hall–Kier alpha value is -1.47. The maximum Gasteiger partial charge on any atom is 0.247 e. The molecule has 2 aliphatic rings. The molecule has 2 aliphatic heterocycles. The van der Waals surface area contributed by atoms with Gasteiger partial charge in [-0.1, -0.05) is 13.3 Å². The van der Waals surface area contributed by atoms with Crippen LogP contribution in [0.4, 0.5) is 0 Å². The summed E-state index contributed by atoms with van der Waals surface area (Å²) in [6.45, 7) is 9.32. The Morgan fingerprint density at radius 3 is 2.77 bits per heavy atom. The van der Waals surface area contributed by atoms with Gasteiger partial charge in [0.1, 0.15) is 18.7 Å². The van der Waals surface area contributed by atoms with E-state index >= 15 is 0 Å². The Morgan fingerprint density at radius 1 is 1.36 bits per heavy atom. The highest BCUT2D eigenvalue weighted by Gasteiger charge is 2.39. The van der Waals surface area contributed by atoms with Crippen molar-refractivity contribution in [2.45, 2.75) is 32.4 Å². The molecule has 3 atom stereocenters. The minimum Gasteiger partial charge on any atom is -0.379 e. The van der Waals surface area contributed by atoms with E-state index in [0.717, 1.165) is 45.8 Å². The normalized spacial score (nSPS) is 28.0. The van der Waals surface area contributed by atoms with Gasteiger partial charge in [-0.15, -0.1) is 0 Å². The average molecular weight is 307 g/mol. The second-order valence-electron chi connectivity index (χ2n) is 6.18. The minimum absolute atomic E-state index is 0.139. The molecular formula is C15H25N5O2. The molecule has 0 bridgehead atoms. The zero-order chi connectivity index (χ0) is 15.5. The molecule has 22 heavy (non-hydrogen) atoms. The standard InChI is InChI=1S/C15H25N5O2/c1-3-13-8-19(9-14(13)18-4-6-22-7-5-18)15(21)12(2)20-11-16-10-17-20/h10-14H,3-9H2,1-2H3/t12-,13+,14+/m0/s1. The van der Waals surface area contributed by atoms with Gasteiger partial charge in [0.15, 0.2) is 0 Å². The fourth-order valence-electron chi connectivity index (χ4n) is 3.55. The summed E-state index contributed by atoms with van der Waals surface area (Å²) >= 11 is 0. The quantitative estimate of drug-likeness (QED) is 0.806. The molecule has 0 unspecified atom stereocenters. The molecule has 0 aromatic carbocycles. The molecule has 122 valence electrons. The first-order chi connectivity index (χ1) is 10.7. The predicted octanol–water partition coefficient (Wildman–Crippen LogP) is 0.408. The lowest BCUT2D eigenvalue weighted by Gasteiger charge is -2.34. The van der Waals surface area contributed by atoms with E-state index in [1.54, 1.807) is 11.0 Å². The number of ether oxygens (including phenoxy) is 1. The number of carbonyl (C=O) groups excluding carboxylic acids is 1. The van der Waals surface area contributed by atoms with E-state index in [-0.39, 0.29) is 11.9 Å². The lowest BCUT2D eigenvalue weighted by atomic mass is 9.99. The highest BCUT2D eigenvalue weighted by Crippen LogP contribution is 2.27. The minimum atomic E-state index is -0.288. The number of morpholine rings is 1. The average Bonchev–Trinajstić information content (AvgIpc) is 3.23. The van der Waals surface area contributed by atoms with Crippen LogP contribution in [0.2, 0.25) is 0 Å². The highest BCUT2D eigenvalue weighted by molar-refractivity contribution is 5.80. The number of carbonyl (C=O) groups is 1. The van der Waals surface area contributed by atoms with E-state index in [4.69, 9.17) is 4.74 Å². The molecule has 7 heteroatoms. The zero-order valence-corrected chi connectivity index (χ0v) is 13.4. The van der Waals surface area contributed by atoms with Crippen LogP contribution in [-0.4, -0.2) is 75.9 Å². The van der Waals surface area contributed by atoms with Crippen molar-refractivity contribution in [3.63, 3.8) is 0 Å². The van der Waals surface area contributed by atoms with Crippen molar-refractivity contribution in [1.29, 1.82) is 0 Å². The zero-order valence-electron chi connectivity index (χ0n) is 13.4. The molecule has 0 spiro atoms. The van der Waals surface area contributed by atoms with Gasteiger partial charge in [-0.2, -0.15) is 5.10 Å². The van der Waals surface area contributed by atoms with Crippen LogP contribution in [0, 0.1) is 5.92 Å². The smallest absolute Gasteiger partial charge is 0.247 e. The highest BCUT2D eigenvalue weighted by atomic mass is 16.5. The third-order valence-electron chi connectivity index (χ3n) is 4.95. The van der Waals surface area contributed by atoms with Crippen molar-refractivity contribution in [3.8, 4) is 0 Å². The summed E-state index contributed by atoms with van der Waals surface area (Å²) < 4.78 is 7.08. The summed E-state index contributed by atoms with van der Waals surface area (Å²) in [7, 11) is 0. The van der Waals surface area contributed by atoms with Crippen molar-refractivity contribution >= 4 is 5.91 Å². The molecule has 0 N–H and O–H groups in total. The van der Waals surface area contributed by atoms with Gasteiger partial charge in [0.2, 0.25) is 5.91 Å². The third kappa shape index (κ3) is 3.01. The second-order valence-corrected chi connectivity index (χ2v) is 6.18. The molecule has 3 heterocycles. The van der Waals surface area contributed by atoms with Crippen molar-refractivity contribution in [2.75, 3.05) is 39.4 Å². The molecule has 7 nitrogen and oxygen atoms in total. The third-order valence-corrected chi connectivity index (χ3v) is 4.95. The predicted molar refractivity (Wildman–Crippen MR) is 81.3 cm³/mol. The molecule has 3 rings (SSSR count). The van der Waals surface area contributed by atoms with E-state index in [2.05, 4.69) is 21.9 Å². The van der Waals surface area contributed by atoms with E-state index in [9.17, 15) is 4.79 Å². The van der Waals surface area contributed by atoms with Crippen LogP contribution in [0.5, 0.6) is 0 Å². The van der Waals surface area contributed by atoms with E-state index in [1.165, 1.54) is 6.33 Å². The van der Waals surface area contributed by atoms with E-state index < -0.39 is 0 Å². The van der Waals surface area contributed by atoms with Gasteiger partial charge < -0.3 is 9.64 Å².